The van der Waals surface area contributed by atoms with Gasteiger partial charge in [0.15, 0.2) is 0 Å². The third kappa shape index (κ3) is 4.08. The van der Waals surface area contributed by atoms with Gasteiger partial charge in [0, 0.05) is 25.0 Å². The Hall–Kier alpha value is -1.85. The van der Waals surface area contributed by atoms with Gasteiger partial charge in [-0.25, -0.2) is 0 Å². The quantitative estimate of drug-likeness (QED) is 0.806. The molecule has 0 aliphatic heterocycles. The summed E-state index contributed by atoms with van der Waals surface area (Å²) < 4.78 is 7.03. The Bertz CT molecular complexity index is 514. The Morgan fingerprint density at radius 3 is 2.95 bits per heavy atom. The summed E-state index contributed by atoms with van der Waals surface area (Å²) >= 11 is 0. The van der Waals surface area contributed by atoms with Crippen molar-refractivity contribution in [1.29, 1.82) is 0 Å². The van der Waals surface area contributed by atoms with Gasteiger partial charge in [-0.05, 0) is 30.7 Å². The first kappa shape index (κ1) is 14.6. The van der Waals surface area contributed by atoms with Crippen molar-refractivity contribution >= 4 is 0 Å². The van der Waals surface area contributed by atoms with E-state index in [4.69, 9.17) is 4.74 Å². The zero-order chi connectivity index (χ0) is 14.4. The molecule has 108 valence electrons. The smallest absolute Gasteiger partial charge is 0.119 e. The lowest BCUT2D eigenvalue weighted by Crippen LogP contribution is -2.33. The second-order valence-electron chi connectivity index (χ2n) is 4.83. The third-order valence-corrected chi connectivity index (χ3v) is 3.16. The summed E-state index contributed by atoms with van der Waals surface area (Å²) in [5, 5.41) is 17.6. The van der Waals surface area contributed by atoms with E-state index in [9.17, 15) is 5.11 Å². The Balaban J connectivity index is 1.83. The Morgan fingerprint density at radius 2 is 2.25 bits per heavy atom. The van der Waals surface area contributed by atoms with Crippen molar-refractivity contribution in [2.24, 2.45) is 0 Å². The van der Waals surface area contributed by atoms with Crippen LogP contribution in [0.5, 0.6) is 5.75 Å². The van der Waals surface area contributed by atoms with E-state index < -0.39 is 6.10 Å². The molecule has 0 amide bonds. The molecule has 0 spiro atoms. The van der Waals surface area contributed by atoms with Crippen LogP contribution in [0.1, 0.15) is 18.6 Å². The van der Waals surface area contributed by atoms with Crippen LogP contribution in [0.2, 0.25) is 0 Å². The highest BCUT2D eigenvalue weighted by atomic mass is 16.5. The molecule has 1 aromatic heterocycles. The minimum Gasteiger partial charge on any atom is -0.497 e. The van der Waals surface area contributed by atoms with Gasteiger partial charge in [0.05, 0.1) is 19.8 Å². The molecule has 0 fully saturated rings. The molecule has 2 atom stereocenters. The van der Waals surface area contributed by atoms with E-state index in [-0.39, 0.29) is 6.04 Å². The number of aliphatic hydroxyl groups is 1. The maximum Gasteiger partial charge on any atom is 0.119 e. The summed E-state index contributed by atoms with van der Waals surface area (Å²) in [4.78, 5) is 0. The highest BCUT2D eigenvalue weighted by Gasteiger charge is 2.10. The fourth-order valence-corrected chi connectivity index (χ4v) is 2.03. The summed E-state index contributed by atoms with van der Waals surface area (Å²) in [6, 6.07) is 9.62. The maximum absolute atomic E-state index is 10.2. The zero-order valence-corrected chi connectivity index (χ0v) is 11.9. The van der Waals surface area contributed by atoms with Crippen molar-refractivity contribution in [2.75, 3.05) is 13.7 Å². The van der Waals surface area contributed by atoms with Gasteiger partial charge in [-0.2, -0.15) is 5.10 Å². The molecular formula is C15H21N3O2. The lowest BCUT2D eigenvalue weighted by atomic mass is 10.1. The molecule has 0 aliphatic rings. The second kappa shape index (κ2) is 7.07. The van der Waals surface area contributed by atoms with Crippen LogP contribution in [-0.2, 0) is 6.54 Å². The van der Waals surface area contributed by atoms with Crippen LogP contribution < -0.4 is 10.1 Å². The van der Waals surface area contributed by atoms with Gasteiger partial charge in [-0.3, -0.25) is 4.68 Å². The van der Waals surface area contributed by atoms with Gasteiger partial charge in [0.1, 0.15) is 5.75 Å². The number of benzene rings is 1. The molecule has 1 heterocycles. The average molecular weight is 275 g/mol. The molecule has 5 nitrogen and oxygen atoms in total. The molecule has 0 saturated carbocycles. The molecule has 1 aromatic carbocycles. The number of aromatic nitrogens is 2. The van der Waals surface area contributed by atoms with Crippen molar-refractivity contribution in [3.8, 4) is 5.75 Å². The summed E-state index contributed by atoms with van der Waals surface area (Å²) in [6.07, 6.45) is 3.14. The fraction of sp³-hybridized carbons (Fsp3) is 0.400. The van der Waals surface area contributed by atoms with Crippen LogP contribution in [0.25, 0.3) is 0 Å². The fourth-order valence-electron chi connectivity index (χ4n) is 2.03. The summed E-state index contributed by atoms with van der Waals surface area (Å²) in [5.74, 6) is 0.756. The van der Waals surface area contributed by atoms with E-state index in [0.29, 0.717) is 6.54 Å². The van der Waals surface area contributed by atoms with Crippen molar-refractivity contribution in [2.45, 2.75) is 25.6 Å². The largest absolute Gasteiger partial charge is 0.497 e. The van der Waals surface area contributed by atoms with Gasteiger partial charge in [0.25, 0.3) is 0 Å². The summed E-state index contributed by atoms with van der Waals surface area (Å²) in [7, 11) is 1.62. The molecule has 0 aliphatic carbocycles. The first-order valence-electron chi connectivity index (χ1n) is 6.72. The normalized spacial score (nSPS) is 13.9. The number of hydrogen-bond acceptors (Lipinski definition) is 4. The monoisotopic (exact) mass is 275 g/mol. The average Bonchev–Trinajstić information content (AvgIpc) is 2.97. The minimum absolute atomic E-state index is 0.232. The predicted octanol–water partition coefficient (Wildman–Crippen LogP) is 1.60. The van der Waals surface area contributed by atoms with Crippen molar-refractivity contribution in [3.05, 3.63) is 48.3 Å². The molecule has 20 heavy (non-hydrogen) atoms. The second-order valence-corrected chi connectivity index (χ2v) is 4.83. The van der Waals surface area contributed by atoms with E-state index in [1.165, 1.54) is 0 Å². The van der Waals surface area contributed by atoms with Gasteiger partial charge < -0.3 is 15.2 Å². The standard InChI is InChI=1S/C15H21N3O2/c1-12(11-18-8-4-7-17-18)16-10-15(19)13-5-3-6-14(9-13)20-2/h3-9,12,15-16,19H,10-11H2,1-2H3. The topological polar surface area (TPSA) is 59.3 Å². The van der Waals surface area contributed by atoms with Crippen LogP contribution in [-0.4, -0.2) is 34.6 Å². The Kier molecular flexibility index (Phi) is 5.15. The summed E-state index contributed by atoms with van der Waals surface area (Å²) in [6.45, 7) is 3.34. The first-order valence-corrected chi connectivity index (χ1v) is 6.72. The SMILES string of the molecule is COc1cccc(C(O)CNC(C)Cn2cccn2)c1. The Morgan fingerprint density at radius 1 is 1.40 bits per heavy atom. The summed E-state index contributed by atoms with van der Waals surface area (Å²) in [5.41, 5.74) is 0.850. The molecule has 2 rings (SSSR count). The van der Waals surface area contributed by atoms with Crippen molar-refractivity contribution in [1.82, 2.24) is 15.1 Å². The highest BCUT2D eigenvalue weighted by molar-refractivity contribution is 5.29. The number of aliphatic hydroxyl groups excluding tert-OH is 1. The molecule has 5 heteroatoms. The van der Waals surface area contributed by atoms with Gasteiger partial charge in [0.2, 0.25) is 0 Å². The van der Waals surface area contributed by atoms with Crippen molar-refractivity contribution < 1.29 is 9.84 Å². The number of nitrogens with one attached hydrogen (secondary N) is 1. The van der Waals surface area contributed by atoms with Crippen LogP contribution >= 0.6 is 0 Å². The van der Waals surface area contributed by atoms with Crippen molar-refractivity contribution in [3.63, 3.8) is 0 Å². The van der Waals surface area contributed by atoms with Gasteiger partial charge >= 0.3 is 0 Å². The van der Waals surface area contributed by atoms with Crippen LogP contribution in [0.4, 0.5) is 0 Å². The van der Waals surface area contributed by atoms with Crippen LogP contribution in [0.15, 0.2) is 42.7 Å². The van der Waals surface area contributed by atoms with Gasteiger partial charge in [-0.1, -0.05) is 12.1 Å². The molecule has 0 bridgehead atoms. The maximum atomic E-state index is 10.2. The molecule has 2 aromatic rings. The van der Waals surface area contributed by atoms with E-state index in [1.807, 2.05) is 41.2 Å². The van der Waals surface area contributed by atoms with Gasteiger partial charge in [-0.15, -0.1) is 0 Å². The van der Waals surface area contributed by atoms with E-state index >= 15 is 0 Å². The number of rotatable bonds is 7. The number of nitrogens with zero attached hydrogens (tertiary/aromatic N) is 2. The number of methoxy groups -OCH3 is 1. The lowest BCUT2D eigenvalue weighted by molar-refractivity contribution is 0.168. The molecule has 0 radical (unpaired) electrons. The third-order valence-electron chi connectivity index (χ3n) is 3.16. The lowest BCUT2D eigenvalue weighted by Gasteiger charge is -2.18. The van der Waals surface area contributed by atoms with E-state index in [2.05, 4.69) is 17.3 Å². The molecular weight excluding hydrogens is 254 g/mol. The Labute approximate surface area is 119 Å². The number of hydrogen-bond donors (Lipinski definition) is 2. The van der Waals surface area contributed by atoms with E-state index in [0.717, 1.165) is 17.9 Å². The van der Waals surface area contributed by atoms with Crippen LogP contribution in [0.3, 0.4) is 0 Å². The number of ether oxygens (including phenoxy) is 1. The molecule has 2 unspecified atom stereocenters. The first-order chi connectivity index (χ1) is 9.69. The molecule has 0 saturated heterocycles. The molecule has 2 N–H and O–H groups in total. The highest BCUT2D eigenvalue weighted by Crippen LogP contribution is 2.18. The van der Waals surface area contributed by atoms with E-state index in [1.54, 1.807) is 13.3 Å². The predicted molar refractivity (Wildman–Crippen MR) is 77.6 cm³/mol. The minimum atomic E-state index is -0.551. The zero-order valence-electron chi connectivity index (χ0n) is 11.9. The van der Waals surface area contributed by atoms with Crippen LogP contribution in [0, 0.1) is 0 Å².